The van der Waals surface area contributed by atoms with E-state index in [0.717, 1.165) is 23.0 Å². The van der Waals surface area contributed by atoms with Crippen LogP contribution in [0.2, 0.25) is 0 Å². The van der Waals surface area contributed by atoms with Crippen LogP contribution in [0.5, 0.6) is 0 Å². The predicted molar refractivity (Wildman–Crippen MR) is 68.1 cm³/mol. The van der Waals surface area contributed by atoms with Gasteiger partial charge in [-0.2, -0.15) is 0 Å². The Kier molecular flexibility index (Phi) is 2.44. The van der Waals surface area contributed by atoms with E-state index in [4.69, 9.17) is 0 Å². The summed E-state index contributed by atoms with van der Waals surface area (Å²) in [6.07, 6.45) is 2.25. The third-order valence-electron chi connectivity index (χ3n) is 3.50. The Morgan fingerprint density at radius 1 is 1.33 bits per heavy atom. The van der Waals surface area contributed by atoms with Crippen LogP contribution in [0.3, 0.4) is 0 Å². The first kappa shape index (κ1) is 11.0. The molecule has 92 valence electrons. The molecule has 0 radical (unpaired) electrons. The number of nitrogens with zero attached hydrogens (tertiary/aromatic N) is 1. The van der Waals surface area contributed by atoms with Gasteiger partial charge in [-0.25, -0.2) is 0 Å². The lowest BCUT2D eigenvalue weighted by Crippen LogP contribution is -2.21. The number of aromatic nitrogens is 1. The van der Waals surface area contributed by atoms with Crippen LogP contribution in [0.1, 0.15) is 24.8 Å². The molecule has 0 unspecified atom stereocenters. The Hall–Kier alpha value is -2.10. The summed E-state index contributed by atoms with van der Waals surface area (Å²) < 4.78 is 2.11. The molecule has 1 aliphatic heterocycles. The van der Waals surface area contributed by atoms with Gasteiger partial charge in [-0.3, -0.25) is 14.9 Å². The summed E-state index contributed by atoms with van der Waals surface area (Å²) >= 11 is 0. The van der Waals surface area contributed by atoms with Gasteiger partial charge in [-0.05, 0) is 18.6 Å². The number of aryl methyl sites for hydroxylation is 1. The zero-order valence-corrected chi connectivity index (χ0v) is 10.1. The van der Waals surface area contributed by atoms with E-state index in [1.807, 2.05) is 30.5 Å². The fraction of sp³-hybridized carbons (Fsp3) is 0.286. The predicted octanol–water partition coefficient (Wildman–Crippen LogP) is 1.79. The number of carbonyl (C=O) groups excluding carboxylic acids is 2. The first-order valence-electron chi connectivity index (χ1n) is 6.12. The highest BCUT2D eigenvalue weighted by molar-refractivity contribution is 6.07. The Morgan fingerprint density at radius 2 is 2.11 bits per heavy atom. The maximum absolute atomic E-state index is 11.8. The molecule has 0 spiro atoms. The van der Waals surface area contributed by atoms with E-state index in [2.05, 4.69) is 16.8 Å². The second-order valence-corrected chi connectivity index (χ2v) is 4.56. The molecule has 1 N–H and O–H groups in total. The average Bonchev–Trinajstić information content (AvgIpc) is 2.89. The van der Waals surface area contributed by atoms with Crippen molar-refractivity contribution < 1.29 is 9.59 Å². The van der Waals surface area contributed by atoms with E-state index in [1.165, 1.54) is 0 Å². The summed E-state index contributed by atoms with van der Waals surface area (Å²) in [6, 6.07) is 7.99. The molecule has 1 aromatic carbocycles. The number of nitrogens with one attached hydrogen (secondary N) is 1. The number of benzene rings is 1. The van der Waals surface area contributed by atoms with E-state index in [-0.39, 0.29) is 24.2 Å². The third-order valence-corrected chi connectivity index (χ3v) is 3.50. The van der Waals surface area contributed by atoms with Crippen molar-refractivity contribution in [3.8, 4) is 0 Å². The highest BCUT2D eigenvalue weighted by Crippen LogP contribution is 2.32. The van der Waals surface area contributed by atoms with Crippen LogP contribution in [0.4, 0.5) is 0 Å². The van der Waals surface area contributed by atoms with Gasteiger partial charge < -0.3 is 4.57 Å². The van der Waals surface area contributed by atoms with Crippen molar-refractivity contribution in [2.75, 3.05) is 0 Å². The molecule has 3 rings (SSSR count). The van der Waals surface area contributed by atoms with E-state index >= 15 is 0 Å². The van der Waals surface area contributed by atoms with Crippen molar-refractivity contribution in [3.63, 3.8) is 0 Å². The fourth-order valence-electron chi connectivity index (χ4n) is 2.62. The SMILES string of the molecule is CCn1cc([C@@H]2CC(=O)NC2=O)c2ccccc21. The van der Waals surface area contributed by atoms with Gasteiger partial charge in [0.25, 0.3) is 0 Å². The molecule has 0 aliphatic carbocycles. The number of fused-ring (bicyclic) bond motifs is 1. The summed E-state index contributed by atoms with van der Waals surface area (Å²) in [5.74, 6) is -0.701. The highest BCUT2D eigenvalue weighted by Gasteiger charge is 2.33. The molecule has 1 atom stereocenters. The summed E-state index contributed by atoms with van der Waals surface area (Å²) in [7, 11) is 0. The number of imide groups is 1. The monoisotopic (exact) mass is 242 g/mol. The van der Waals surface area contributed by atoms with Gasteiger partial charge in [0.15, 0.2) is 0 Å². The number of hydrogen-bond acceptors (Lipinski definition) is 2. The molecular formula is C14H14N2O2. The van der Waals surface area contributed by atoms with Crippen molar-refractivity contribution in [1.82, 2.24) is 9.88 Å². The van der Waals surface area contributed by atoms with Gasteiger partial charge in [0.2, 0.25) is 11.8 Å². The maximum atomic E-state index is 11.8. The fourth-order valence-corrected chi connectivity index (χ4v) is 2.62. The summed E-state index contributed by atoms with van der Waals surface area (Å²) in [5, 5.41) is 3.43. The lowest BCUT2D eigenvalue weighted by Gasteiger charge is -2.03. The molecule has 1 saturated heterocycles. The molecule has 0 saturated carbocycles. The minimum absolute atomic E-state index is 0.181. The van der Waals surface area contributed by atoms with Gasteiger partial charge in [0.1, 0.15) is 0 Å². The Bertz CT molecular complexity index is 642. The van der Waals surface area contributed by atoms with Gasteiger partial charge in [-0.15, -0.1) is 0 Å². The number of carbonyl (C=O) groups is 2. The second-order valence-electron chi connectivity index (χ2n) is 4.56. The molecule has 4 nitrogen and oxygen atoms in total. The van der Waals surface area contributed by atoms with Crippen molar-refractivity contribution in [2.45, 2.75) is 25.8 Å². The normalized spacial score (nSPS) is 19.5. The molecule has 2 aromatic rings. The summed E-state index contributed by atoms with van der Waals surface area (Å²) in [4.78, 5) is 23.1. The second kappa shape index (κ2) is 3.98. The van der Waals surface area contributed by atoms with Crippen molar-refractivity contribution >= 4 is 22.7 Å². The lowest BCUT2D eigenvalue weighted by molar-refractivity contribution is -0.125. The Morgan fingerprint density at radius 3 is 2.78 bits per heavy atom. The zero-order chi connectivity index (χ0) is 12.7. The minimum Gasteiger partial charge on any atom is -0.347 e. The Balaban J connectivity index is 2.17. The zero-order valence-electron chi connectivity index (χ0n) is 10.1. The van der Waals surface area contributed by atoms with Crippen LogP contribution in [-0.2, 0) is 16.1 Å². The standard InChI is InChI=1S/C14H14N2O2/c1-2-16-8-11(9-5-3-4-6-12(9)16)10-7-13(17)15-14(10)18/h3-6,8,10H,2,7H2,1H3,(H,15,17,18)/t10-/m0/s1. The topological polar surface area (TPSA) is 51.1 Å². The first-order chi connectivity index (χ1) is 8.70. The van der Waals surface area contributed by atoms with E-state index in [0.29, 0.717) is 0 Å². The molecule has 2 heterocycles. The largest absolute Gasteiger partial charge is 0.347 e. The lowest BCUT2D eigenvalue weighted by atomic mass is 9.97. The van der Waals surface area contributed by atoms with Gasteiger partial charge >= 0.3 is 0 Å². The number of para-hydroxylation sites is 1. The van der Waals surface area contributed by atoms with Crippen LogP contribution in [0, 0.1) is 0 Å². The molecule has 1 fully saturated rings. The van der Waals surface area contributed by atoms with Gasteiger partial charge in [0.05, 0.1) is 5.92 Å². The smallest absolute Gasteiger partial charge is 0.234 e. The minimum atomic E-state index is -0.338. The van der Waals surface area contributed by atoms with Crippen LogP contribution < -0.4 is 5.32 Å². The number of rotatable bonds is 2. The van der Waals surface area contributed by atoms with Gasteiger partial charge in [0, 0.05) is 30.1 Å². The van der Waals surface area contributed by atoms with Gasteiger partial charge in [-0.1, -0.05) is 18.2 Å². The van der Waals surface area contributed by atoms with Crippen molar-refractivity contribution in [2.24, 2.45) is 0 Å². The third kappa shape index (κ3) is 1.53. The molecule has 18 heavy (non-hydrogen) atoms. The van der Waals surface area contributed by atoms with E-state index < -0.39 is 0 Å². The average molecular weight is 242 g/mol. The van der Waals surface area contributed by atoms with Crippen LogP contribution in [0.25, 0.3) is 10.9 Å². The molecule has 0 bridgehead atoms. The number of hydrogen-bond donors (Lipinski definition) is 1. The maximum Gasteiger partial charge on any atom is 0.234 e. The van der Waals surface area contributed by atoms with Crippen molar-refractivity contribution in [1.29, 1.82) is 0 Å². The Labute approximate surface area is 105 Å². The first-order valence-corrected chi connectivity index (χ1v) is 6.12. The molecular weight excluding hydrogens is 228 g/mol. The number of amides is 2. The molecule has 1 aromatic heterocycles. The molecule has 1 aliphatic rings. The van der Waals surface area contributed by atoms with Crippen LogP contribution in [-0.4, -0.2) is 16.4 Å². The van der Waals surface area contributed by atoms with Crippen LogP contribution >= 0.6 is 0 Å². The van der Waals surface area contributed by atoms with E-state index in [9.17, 15) is 9.59 Å². The quantitative estimate of drug-likeness (QED) is 0.816. The summed E-state index contributed by atoms with van der Waals surface area (Å²) in [5.41, 5.74) is 2.07. The highest BCUT2D eigenvalue weighted by atomic mass is 16.2. The van der Waals surface area contributed by atoms with E-state index in [1.54, 1.807) is 0 Å². The molecule has 2 amide bonds. The summed E-state index contributed by atoms with van der Waals surface area (Å²) in [6.45, 7) is 2.92. The van der Waals surface area contributed by atoms with Crippen molar-refractivity contribution in [3.05, 3.63) is 36.0 Å². The van der Waals surface area contributed by atoms with Crippen LogP contribution in [0.15, 0.2) is 30.5 Å². The molecule has 4 heteroatoms.